The lowest BCUT2D eigenvalue weighted by Crippen LogP contribution is -2.10. The zero-order valence-electron chi connectivity index (χ0n) is 10.7. The van der Waals surface area contributed by atoms with Gasteiger partial charge in [0.1, 0.15) is 5.82 Å². The Hall–Kier alpha value is -1.09. The first-order valence-corrected chi connectivity index (χ1v) is 6.25. The van der Waals surface area contributed by atoms with E-state index in [1.54, 1.807) is 12.1 Å². The van der Waals surface area contributed by atoms with Crippen LogP contribution in [0.4, 0.5) is 10.1 Å². The van der Waals surface area contributed by atoms with E-state index in [9.17, 15) is 4.39 Å². The van der Waals surface area contributed by atoms with E-state index in [-0.39, 0.29) is 5.82 Å². The molecule has 0 spiro atoms. The SMILES string of the molecule is CC(C)CCCOCCNc1ccc(F)cc1. The van der Waals surface area contributed by atoms with Crippen LogP contribution in [0.3, 0.4) is 0 Å². The fourth-order valence-corrected chi connectivity index (χ4v) is 1.53. The number of anilines is 1. The molecule has 0 heterocycles. The highest BCUT2D eigenvalue weighted by molar-refractivity contribution is 5.42. The van der Waals surface area contributed by atoms with Crippen molar-refractivity contribution >= 4 is 5.69 Å². The molecule has 1 rings (SSSR count). The van der Waals surface area contributed by atoms with Crippen LogP contribution in [0.25, 0.3) is 0 Å². The number of ether oxygens (including phenoxy) is 1. The molecule has 0 saturated heterocycles. The first-order chi connectivity index (χ1) is 8.18. The van der Waals surface area contributed by atoms with Gasteiger partial charge in [-0.05, 0) is 43.0 Å². The first-order valence-electron chi connectivity index (χ1n) is 6.25. The van der Waals surface area contributed by atoms with Crippen LogP contribution >= 0.6 is 0 Å². The minimum absolute atomic E-state index is 0.208. The Kier molecular flexibility index (Phi) is 6.63. The van der Waals surface area contributed by atoms with Crippen LogP contribution in [0.1, 0.15) is 26.7 Å². The Morgan fingerprint density at radius 3 is 2.53 bits per heavy atom. The van der Waals surface area contributed by atoms with Crippen LogP contribution in [0.2, 0.25) is 0 Å². The Bertz CT molecular complexity index is 298. The predicted molar refractivity (Wildman–Crippen MR) is 69.8 cm³/mol. The van der Waals surface area contributed by atoms with E-state index < -0.39 is 0 Å². The van der Waals surface area contributed by atoms with Crippen molar-refractivity contribution in [2.75, 3.05) is 25.1 Å². The lowest BCUT2D eigenvalue weighted by atomic mass is 10.1. The summed E-state index contributed by atoms with van der Waals surface area (Å²) in [6.07, 6.45) is 2.33. The molecule has 0 aliphatic carbocycles. The molecule has 0 unspecified atom stereocenters. The van der Waals surface area contributed by atoms with Gasteiger partial charge >= 0.3 is 0 Å². The van der Waals surface area contributed by atoms with Crippen molar-refractivity contribution < 1.29 is 9.13 Å². The molecule has 96 valence electrons. The Labute approximate surface area is 103 Å². The summed E-state index contributed by atoms with van der Waals surface area (Å²) in [4.78, 5) is 0. The number of halogens is 1. The summed E-state index contributed by atoms with van der Waals surface area (Å²) in [6.45, 7) is 6.71. The highest BCUT2D eigenvalue weighted by atomic mass is 19.1. The predicted octanol–water partition coefficient (Wildman–Crippen LogP) is 3.69. The molecule has 0 amide bonds. The Morgan fingerprint density at radius 2 is 1.88 bits per heavy atom. The maximum Gasteiger partial charge on any atom is 0.123 e. The van der Waals surface area contributed by atoms with Gasteiger partial charge in [0.15, 0.2) is 0 Å². The number of rotatable bonds is 8. The van der Waals surface area contributed by atoms with Gasteiger partial charge in [-0.25, -0.2) is 4.39 Å². The zero-order chi connectivity index (χ0) is 12.5. The minimum atomic E-state index is -0.208. The van der Waals surface area contributed by atoms with Gasteiger partial charge in [-0.2, -0.15) is 0 Å². The standard InChI is InChI=1S/C14H22FNO/c1-12(2)4-3-10-17-11-9-16-14-7-5-13(15)6-8-14/h5-8,12,16H,3-4,9-11H2,1-2H3. The topological polar surface area (TPSA) is 21.3 Å². The number of hydrogen-bond acceptors (Lipinski definition) is 2. The van der Waals surface area contributed by atoms with Crippen LogP contribution in [0.15, 0.2) is 24.3 Å². The maximum atomic E-state index is 12.6. The van der Waals surface area contributed by atoms with Crippen molar-refractivity contribution in [2.24, 2.45) is 5.92 Å². The third-order valence-corrected chi connectivity index (χ3v) is 2.49. The molecule has 0 atom stereocenters. The van der Waals surface area contributed by atoms with Crippen molar-refractivity contribution in [3.05, 3.63) is 30.1 Å². The van der Waals surface area contributed by atoms with E-state index in [0.717, 1.165) is 31.2 Å². The highest BCUT2D eigenvalue weighted by Gasteiger charge is 1.95. The molecule has 0 fully saturated rings. The van der Waals surface area contributed by atoms with Crippen LogP contribution in [0.5, 0.6) is 0 Å². The van der Waals surface area contributed by atoms with Gasteiger partial charge in [0.2, 0.25) is 0 Å². The van der Waals surface area contributed by atoms with Crippen molar-refractivity contribution in [1.29, 1.82) is 0 Å². The molecule has 17 heavy (non-hydrogen) atoms. The highest BCUT2D eigenvalue weighted by Crippen LogP contribution is 2.07. The normalized spacial score (nSPS) is 10.8. The molecule has 0 bridgehead atoms. The van der Waals surface area contributed by atoms with Gasteiger partial charge in [0.25, 0.3) is 0 Å². The van der Waals surface area contributed by atoms with E-state index in [1.807, 2.05) is 0 Å². The smallest absolute Gasteiger partial charge is 0.123 e. The van der Waals surface area contributed by atoms with Crippen molar-refractivity contribution in [3.8, 4) is 0 Å². The third kappa shape index (κ3) is 6.95. The number of benzene rings is 1. The average Bonchev–Trinajstić information content (AvgIpc) is 2.30. The van der Waals surface area contributed by atoms with Gasteiger partial charge in [-0.15, -0.1) is 0 Å². The van der Waals surface area contributed by atoms with Crippen LogP contribution in [-0.2, 0) is 4.74 Å². The summed E-state index contributed by atoms with van der Waals surface area (Å²) >= 11 is 0. The van der Waals surface area contributed by atoms with Gasteiger partial charge in [-0.3, -0.25) is 0 Å². The summed E-state index contributed by atoms with van der Waals surface area (Å²) in [6, 6.07) is 6.36. The van der Waals surface area contributed by atoms with Gasteiger partial charge in [0, 0.05) is 18.8 Å². The second-order valence-electron chi connectivity index (χ2n) is 4.58. The molecule has 0 radical (unpaired) electrons. The third-order valence-electron chi connectivity index (χ3n) is 2.49. The molecule has 1 N–H and O–H groups in total. The van der Waals surface area contributed by atoms with E-state index in [1.165, 1.54) is 18.6 Å². The summed E-state index contributed by atoms with van der Waals surface area (Å²) in [7, 11) is 0. The van der Waals surface area contributed by atoms with E-state index in [2.05, 4.69) is 19.2 Å². The second kappa shape index (κ2) is 8.07. The zero-order valence-corrected chi connectivity index (χ0v) is 10.7. The van der Waals surface area contributed by atoms with Crippen molar-refractivity contribution in [3.63, 3.8) is 0 Å². The second-order valence-corrected chi connectivity index (χ2v) is 4.58. The fourth-order valence-electron chi connectivity index (χ4n) is 1.53. The molecule has 0 aliphatic heterocycles. The molecule has 1 aromatic carbocycles. The maximum absolute atomic E-state index is 12.6. The molecule has 0 saturated carbocycles. The van der Waals surface area contributed by atoms with Gasteiger partial charge in [0.05, 0.1) is 6.61 Å². The number of nitrogens with one attached hydrogen (secondary N) is 1. The van der Waals surface area contributed by atoms with Crippen molar-refractivity contribution in [1.82, 2.24) is 0 Å². The van der Waals surface area contributed by atoms with Crippen LogP contribution < -0.4 is 5.32 Å². The summed E-state index contributed by atoms with van der Waals surface area (Å²) < 4.78 is 18.1. The summed E-state index contributed by atoms with van der Waals surface area (Å²) in [5.41, 5.74) is 0.928. The van der Waals surface area contributed by atoms with E-state index in [0.29, 0.717) is 6.61 Å². The molecule has 3 heteroatoms. The summed E-state index contributed by atoms with van der Waals surface area (Å²) in [5, 5.41) is 3.18. The number of hydrogen-bond donors (Lipinski definition) is 1. The molecular formula is C14H22FNO. The Morgan fingerprint density at radius 1 is 1.18 bits per heavy atom. The molecule has 0 aliphatic rings. The monoisotopic (exact) mass is 239 g/mol. The molecule has 0 aromatic heterocycles. The van der Waals surface area contributed by atoms with E-state index >= 15 is 0 Å². The Balaban J connectivity index is 1.99. The first kappa shape index (κ1) is 14.0. The average molecular weight is 239 g/mol. The molecule has 2 nitrogen and oxygen atoms in total. The largest absolute Gasteiger partial charge is 0.383 e. The van der Waals surface area contributed by atoms with Gasteiger partial charge in [-0.1, -0.05) is 13.8 Å². The molecule has 1 aromatic rings. The van der Waals surface area contributed by atoms with Crippen molar-refractivity contribution in [2.45, 2.75) is 26.7 Å². The fraction of sp³-hybridized carbons (Fsp3) is 0.571. The summed E-state index contributed by atoms with van der Waals surface area (Å²) in [5.74, 6) is 0.538. The van der Waals surface area contributed by atoms with Crippen LogP contribution in [0, 0.1) is 11.7 Å². The molecular weight excluding hydrogens is 217 g/mol. The van der Waals surface area contributed by atoms with E-state index in [4.69, 9.17) is 4.74 Å². The minimum Gasteiger partial charge on any atom is -0.383 e. The lowest BCUT2D eigenvalue weighted by molar-refractivity contribution is 0.137. The quantitative estimate of drug-likeness (QED) is 0.698. The lowest BCUT2D eigenvalue weighted by Gasteiger charge is -2.08. The van der Waals surface area contributed by atoms with Gasteiger partial charge < -0.3 is 10.1 Å². The van der Waals surface area contributed by atoms with Crippen LogP contribution in [-0.4, -0.2) is 19.8 Å².